The van der Waals surface area contributed by atoms with E-state index in [1.54, 1.807) is 13.2 Å². The van der Waals surface area contributed by atoms with Gasteiger partial charge in [-0.15, -0.1) is 0 Å². The van der Waals surface area contributed by atoms with Crippen molar-refractivity contribution < 1.29 is 9.13 Å². The molecule has 1 N–H and O–H groups in total. The number of nitrogens with one attached hydrogen (secondary N) is 1. The molecule has 20 heavy (non-hydrogen) atoms. The van der Waals surface area contributed by atoms with Crippen LogP contribution in [-0.2, 0) is 0 Å². The van der Waals surface area contributed by atoms with Crippen LogP contribution in [0.5, 0.6) is 5.75 Å². The zero-order valence-electron chi connectivity index (χ0n) is 12.7. The second-order valence-electron chi connectivity index (χ2n) is 5.76. The van der Waals surface area contributed by atoms with E-state index >= 15 is 0 Å². The summed E-state index contributed by atoms with van der Waals surface area (Å²) in [6, 6.07) is 4.94. The highest BCUT2D eigenvalue weighted by molar-refractivity contribution is 5.36. The molecule has 1 aliphatic heterocycles. The van der Waals surface area contributed by atoms with Crippen LogP contribution in [-0.4, -0.2) is 38.7 Å². The van der Waals surface area contributed by atoms with E-state index in [-0.39, 0.29) is 11.9 Å². The molecule has 4 heteroatoms. The number of piperidine rings is 1. The normalized spacial score (nSPS) is 21.7. The van der Waals surface area contributed by atoms with E-state index in [0.717, 1.165) is 13.1 Å². The maximum Gasteiger partial charge on any atom is 0.131 e. The lowest BCUT2D eigenvalue weighted by Gasteiger charge is -2.31. The van der Waals surface area contributed by atoms with Crippen LogP contribution in [0.1, 0.15) is 31.4 Å². The molecule has 0 spiro atoms. The van der Waals surface area contributed by atoms with Gasteiger partial charge >= 0.3 is 0 Å². The third-order valence-corrected chi connectivity index (χ3v) is 4.10. The Morgan fingerprint density at radius 3 is 3.00 bits per heavy atom. The van der Waals surface area contributed by atoms with Crippen molar-refractivity contribution in [2.75, 3.05) is 33.8 Å². The Morgan fingerprint density at radius 2 is 2.30 bits per heavy atom. The topological polar surface area (TPSA) is 24.5 Å². The number of halogens is 1. The minimum atomic E-state index is -0.204. The van der Waals surface area contributed by atoms with Crippen LogP contribution in [0.3, 0.4) is 0 Å². The van der Waals surface area contributed by atoms with Crippen molar-refractivity contribution in [1.29, 1.82) is 0 Å². The average molecular weight is 280 g/mol. The largest absolute Gasteiger partial charge is 0.496 e. The van der Waals surface area contributed by atoms with Gasteiger partial charge in [0.1, 0.15) is 11.6 Å². The molecule has 2 unspecified atom stereocenters. The first-order valence-corrected chi connectivity index (χ1v) is 7.36. The van der Waals surface area contributed by atoms with E-state index in [0.29, 0.717) is 17.2 Å². The summed E-state index contributed by atoms with van der Waals surface area (Å²) in [4.78, 5) is 2.37. The fourth-order valence-electron chi connectivity index (χ4n) is 3.00. The van der Waals surface area contributed by atoms with Gasteiger partial charge in [-0.1, -0.05) is 6.07 Å². The number of nitrogens with zero attached hydrogens (tertiary/aromatic N) is 1. The van der Waals surface area contributed by atoms with Crippen LogP contribution in [0, 0.1) is 11.7 Å². The van der Waals surface area contributed by atoms with Gasteiger partial charge in [-0.3, -0.25) is 0 Å². The number of rotatable bonds is 5. The first kappa shape index (κ1) is 15.3. The lowest BCUT2D eigenvalue weighted by atomic mass is 9.97. The maximum atomic E-state index is 14.0. The summed E-state index contributed by atoms with van der Waals surface area (Å²) >= 11 is 0. The summed E-state index contributed by atoms with van der Waals surface area (Å²) in [5.74, 6) is 1.06. The fraction of sp³-hybridized carbons (Fsp3) is 0.625. The summed E-state index contributed by atoms with van der Waals surface area (Å²) in [6.45, 7) is 5.22. The Balaban J connectivity index is 1.96. The molecule has 1 aliphatic rings. The van der Waals surface area contributed by atoms with Gasteiger partial charge in [0.05, 0.1) is 7.11 Å². The number of methoxy groups -OCH3 is 1. The molecule has 1 saturated heterocycles. The van der Waals surface area contributed by atoms with E-state index in [4.69, 9.17) is 4.74 Å². The molecule has 0 aliphatic carbocycles. The van der Waals surface area contributed by atoms with Gasteiger partial charge < -0.3 is 15.0 Å². The van der Waals surface area contributed by atoms with E-state index < -0.39 is 0 Å². The summed E-state index contributed by atoms with van der Waals surface area (Å²) in [5.41, 5.74) is 0.624. The van der Waals surface area contributed by atoms with Crippen molar-refractivity contribution in [1.82, 2.24) is 10.2 Å². The molecule has 0 aromatic heterocycles. The van der Waals surface area contributed by atoms with Crippen molar-refractivity contribution in [3.63, 3.8) is 0 Å². The summed E-state index contributed by atoms with van der Waals surface area (Å²) in [5, 5.41) is 3.46. The summed E-state index contributed by atoms with van der Waals surface area (Å²) in [6.07, 6.45) is 2.50. The molecule has 1 heterocycles. The molecule has 2 atom stereocenters. The Labute approximate surface area is 121 Å². The van der Waals surface area contributed by atoms with Crippen LogP contribution in [0.15, 0.2) is 18.2 Å². The number of hydrogen-bond donors (Lipinski definition) is 1. The monoisotopic (exact) mass is 280 g/mol. The molecular formula is C16H25FN2O. The Morgan fingerprint density at radius 1 is 1.50 bits per heavy atom. The van der Waals surface area contributed by atoms with Gasteiger partial charge in [0.25, 0.3) is 0 Å². The highest BCUT2D eigenvalue weighted by atomic mass is 19.1. The zero-order chi connectivity index (χ0) is 14.5. The molecular weight excluding hydrogens is 255 g/mol. The van der Waals surface area contributed by atoms with Crippen molar-refractivity contribution in [3.8, 4) is 5.75 Å². The first-order chi connectivity index (χ1) is 9.61. The van der Waals surface area contributed by atoms with E-state index in [1.807, 2.05) is 13.0 Å². The van der Waals surface area contributed by atoms with Crippen LogP contribution in [0.2, 0.25) is 0 Å². The van der Waals surface area contributed by atoms with Crippen LogP contribution in [0.4, 0.5) is 4.39 Å². The van der Waals surface area contributed by atoms with Gasteiger partial charge in [0, 0.05) is 18.2 Å². The van der Waals surface area contributed by atoms with Gasteiger partial charge in [-0.25, -0.2) is 4.39 Å². The molecule has 0 saturated carbocycles. The number of ether oxygens (including phenoxy) is 1. The third kappa shape index (κ3) is 3.70. The Hall–Kier alpha value is -1.13. The Kier molecular flexibility index (Phi) is 5.38. The second kappa shape index (κ2) is 7.04. The molecule has 3 nitrogen and oxygen atoms in total. The maximum absolute atomic E-state index is 14.0. The number of benzene rings is 1. The molecule has 0 bridgehead atoms. The van der Waals surface area contributed by atoms with E-state index in [9.17, 15) is 4.39 Å². The SMILES string of the molecule is COc1cccc(F)c1C(C)NCC1CCCN(C)C1. The van der Waals surface area contributed by atoms with Crippen molar-refractivity contribution >= 4 is 0 Å². The third-order valence-electron chi connectivity index (χ3n) is 4.10. The van der Waals surface area contributed by atoms with Crippen LogP contribution >= 0.6 is 0 Å². The fourth-order valence-corrected chi connectivity index (χ4v) is 3.00. The number of likely N-dealkylation sites (tertiary alicyclic amines) is 1. The van der Waals surface area contributed by atoms with E-state index in [1.165, 1.54) is 25.5 Å². The van der Waals surface area contributed by atoms with Crippen molar-refractivity contribution in [3.05, 3.63) is 29.6 Å². The molecule has 1 aromatic carbocycles. The van der Waals surface area contributed by atoms with Crippen LogP contribution < -0.4 is 10.1 Å². The van der Waals surface area contributed by atoms with Crippen LogP contribution in [0.25, 0.3) is 0 Å². The lowest BCUT2D eigenvalue weighted by molar-refractivity contribution is 0.203. The molecule has 1 aromatic rings. The minimum absolute atomic E-state index is 0.0432. The van der Waals surface area contributed by atoms with Gasteiger partial charge in [0.15, 0.2) is 0 Å². The predicted octanol–water partition coefficient (Wildman–Crippen LogP) is 2.83. The highest BCUT2D eigenvalue weighted by Crippen LogP contribution is 2.28. The predicted molar refractivity (Wildman–Crippen MR) is 79.6 cm³/mol. The van der Waals surface area contributed by atoms with Gasteiger partial charge in [-0.2, -0.15) is 0 Å². The number of hydrogen-bond acceptors (Lipinski definition) is 3. The van der Waals surface area contributed by atoms with E-state index in [2.05, 4.69) is 17.3 Å². The molecule has 0 radical (unpaired) electrons. The van der Waals surface area contributed by atoms with Crippen molar-refractivity contribution in [2.24, 2.45) is 5.92 Å². The molecule has 1 fully saturated rings. The lowest BCUT2D eigenvalue weighted by Crippen LogP contribution is -2.38. The first-order valence-electron chi connectivity index (χ1n) is 7.36. The summed E-state index contributed by atoms with van der Waals surface area (Å²) < 4.78 is 19.3. The standard InChI is InChI=1S/C16H25FN2O/c1-12(16-14(17)7-4-8-15(16)20-3)18-10-13-6-5-9-19(2)11-13/h4,7-8,12-13,18H,5-6,9-11H2,1-3H3. The molecule has 112 valence electrons. The van der Waals surface area contributed by atoms with Gasteiger partial charge in [0.2, 0.25) is 0 Å². The summed E-state index contributed by atoms with van der Waals surface area (Å²) in [7, 11) is 3.75. The molecule has 0 amide bonds. The van der Waals surface area contributed by atoms with Gasteiger partial charge in [-0.05, 0) is 58.0 Å². The minimum Gasteiger partial charge on any atom is -0.496 e. The Bertz CT molecular complexity index is 438. The smallest absolute Gasteiger partial charge is 0.131 e. The zero-order valence-corrected chi connectivity index (χ0v) is 12.7. The second-order valence-corrected chi connectivity index (χ2v) is 5.76. The molecule has 2 rings (SSSR count). The van der Waals surface area contributed by atoms with Crippen molar-refractivity contribution in [2.45, 2.75) is 25.8 Å². The highest BCUT2D eigenvalue weighted by Gasteiger charge is 2.20. The quantitative estimate of drug-likeness (QED) is 0.897. The average Bonchev–Trinajstić information content (AvgIpc) is 2.44.